The summed E-state index contributed by atoms with van der Waals surface area (Å²) in [5.41, 5.74) is 0. The maximum absolute atomic E-state index is 10.7. The first-order valence-electron chi connectivity index (χ1n) is 11.0. The zero-order chi connectivity index (χ0) is 25.3. The van der Waals surface area contributed by atoms with Crippen molar-refractivity contribution in [2.75, 3.05) is 13.2 Å². The molecule has 0 bridgehead atoms. The van der Waals surface area contributed by atoms with Gasteiger partial charge in [-0.05, 0) is 12.8 Å². The molecule has 34 heavy (non-hydrogen) atoms. The Hall–Kier alpha value is -0.600. The van der Waals surface area contributed by atoms with E-state index in [-0.39, 0.29) is 12.8 Å². The topological polar surface area (TPSA) is 259 Å². The van der Waals surface area contributed by atoms with Crippen molar-refractivity contribution in [2.45, 2.75) is 105 Å². The van der Waals surface area contributed by atoms with Crippen molar-refractivity contribution in [1.82, 2.24) is 0 Å². The summed E-state index contributed by atoms with van der Waals surface area (Å²) in [6.45, 7) is -1.35. The fourth-order valence-corrected chi connectivity index (χ4v) is 4.40. The van der Waals surface area contributed by atoms with Crippen molar-refractivity contribution in [3.05, 3.63) is 0 Å². The standard InChI is InChI=1S/C19H34O15/c20-3-7-10(23)13(26)9(22)5(31-7)1-2-6-12(25)17(16(29)18(30)32-6)34-19-15(28)14(27)11(24)8(4-21)33-19/h5-30H,1-4H2/t5-,6-,7-,8-,9-,10-,11-,12-,13-,14+,15+,16+,17+,18?,19-/m1/s1. The van der Waals surface area contributed by atoms with Crippen LogP contribution in [0.5, 0.6) is 0 Å². The second kappa shape index (κ2) is 11.6. The summed E-state index contributed by atoms with van der Waals surface area (Å²) in [4.78, 5) is 0. The van der Waals surface area contributed by atoms with E-state index in [2.05, 4.69) is 0 Å². The minimum atomic E-state index is -1.85. The van der Waals surface area contributed by atoms with Crippen molar-refractivity contribution >= 4 is 0 Å². The molecule has 15 atom stereocenters. The first-order chi connectivity index (χ1) is 16.0. The van der Waals surface area contributed by atoms with Gasteiger partial charge in [0, 0.05) is 0 Å². The van der Waals surface area contributed by atoms with Gasteiger partial charge in [0.1, 0.15) is 67.1 Å². The van der Waals surface area contributed by atoms with E-state index in [0.717, 1.165) is 0 Å². The molecule has 0 radical (unpaired) electrons. The van der Waals surface area contributed by atoms with Crippen molar-refractivity contribution in [3.8, 4) is 0 Å². The summed E-state index contributed by atoms with van der Waals surface area (Å²) in [7, 11) is 0. The zero-order valence-corrected chi connectivity index (χ0v) is 18.0. The molecule has 3 saturated heterocycles. The lowest BCUT2D eigenvalue weighted by Gasteiger charge is -2.46. The number of hydrogen-bond acceptors (Lipinski definition) is 15. The second-order valence-electron chi connectivity index (χ2n) is 8.79. The van der Waals surface area contributed by atoms with Crippen LogP contribution in [0.25, 0.3) is 0 Å². The molecule has 15 nitrogen and oxygen atoms in total. The fourth-order valence-electron chi connectivity index (χ4n) is 4.40. The van der Waals surface area contributed by atoms with E-state index < -0.39 is 105 Å². The quantitative estimate of drug-likeness (QED) is 0.155. The lowest BCUT2D eigenvalue weighted by Crippen LogP contribution is -2.64. The summed E-state index contributed by atoms with van der Waals surface area (Å²) >= 11 is 0. The number of rotatable bonds is 7. The summed E-state index contributed by atoms with van der Waals surface area (Å²) < 4.78 is 21.2. The van der Waals surface area contributed by atoms with E-state index >= 15 is 0 Å². The van der Waals surface area contributed by atoms with Crippen molar-refractivity contribution in [2.24, 2.45) is 0 Å². The van der Waals surface area contributed by atoms with E-state index in [1.54, 1.807) is 0 Å². The normalized spacial score (nSPS) is 52.5. The van der Waals surface area contributed by atoms with E-state index in [4.69, 9.17) is 18.9 Å². The Bertz CT molecular complexity index is 637. The third-order valence-corrected chi connectivity index (χ3v) is 6.53. The van der Waals surface area contributed by atoms with Crippen LogP contribution in [-0.2, 0) is 18.9 Å². The third kappa shape index (κ3) is 5.54. The lowest BCUT2D eigenvalue weighted by atomic mass is 9.89. The van der Waals surface area contributed by atoms with Gasteiger partial charge in [0.05, 0.1) is 25.4 Å². The van der Waals surface area contributed by atoms with Gasteiger partial charge < -0.3 is 75.1 Å². The van der Waals surface area contributed by atoms with Crippen LogP contribution in [0.1, 0.15) is 12.8 Å². The highest BCUT2D eigenvalue weighted by Gasteiger charge is 2.51. The third-order valence-electron chi connectivity index (χ3n) is 6.53. The van der Waals surface area contributed by atoms with E-state index in [1.165, 1.54) is 0 Å². The zero-order valence-electron chi connectivity index (χ0n) is 18.0. The Morgan fingerprint density at radius 1 is 0.471 bits per heavy atom. The molecule has 0 aliphatic carbocycles. The molecule has 1 unspecified atom stereocenters. The molecule has 3 fully saturated rings. The van der Waals surface area contributed by atoms with Crippen LogP contribution in [0.2, 0.25) is 0 Å². The highest BCUT2D eigenvalue weighted by Crippen LogP contribution is 2.31. The number of ether oxygens (including phenoxy) is 4. The van der Waals surface area contributed by atoms with Gasteiger partial charge in [0.15, 0.2) is 12.6 Å². The summed E-state index contributed by atoms with van der Waals surface area (Å²) in [5.74, 6) is 0. The predicted molar refractivity (Wildman–Crippen MR) is 105 cm³/mol. The van der Waals surface area contributed by atoms with Crippen LogP contribution in [-0.4, -0.2) is 161 Å². The minimum Gasteiger partial charge on any atom is -0.394 e. The van der Waals surface area contributed by atoms with E-state index in [9.17, 15) is 56.2 Å². The van der Waals surface area contributed by atoms with E-state index in [1.807, 2.05) is 0 Å². The number of aliphatic hydroxyl groups excluding tert-OH is 11. The number of hydrogen-bond donors (Lipinski definition) is 11. The molecule has 0 saturated carbocycles. The van der Waals surface area contributed by atoms with Gasteiger partial charge >= 0.3 is 0 Å². The van der Waals surface area contributed by atoms with Crippen molar-refractivity contribution < 1.29 is 75.1 Å². The van der Waals surface area contributed by atoms with Crippen LogP contribution in [0.3, 0.4) is 0 Å². The second-order valence-corrected chi connectivity index (χ2v) is 8.79. The maximum atomic E-state index is 10.7. The van der Waals surface area contributed by atoms with Gasteiger partial charge in [-0.2, -0.15) is 0 Å². The molecular weight excluding hydrogens is 468 g/mol. The molecule has 3 aliphatic rings. The minimum absolute atomic E-state index is 0.0707. The first-order valence-corrected chi connectivity index (χ1v) is 11.0. The molecule has 0 aromatic rings. The Morgan fingerprint density at radius 3 is 1.50 bits per heavy atom. The van der Waals surface area contributed by atoms with Gasteiger partial charge in [0.25, 0.3) is 0 Å². The molecule has 0 aromatic carbocycles. The summed E-state index contributed by atoms with van der Waals surface area (Å²) in [5, 5.41) is 109. The molecule has 15 heteroatoms. The van der Waals surface area contributed by atoms with Crippen molar-refractivity contribution in [1.29, 1.82) is 0 Å². The van der Waals surface area contributed by atoms with E-state index in [0.29, 0.717) is 0 Å². The monoisotopic (exact) mass is 502 g/mol. The molecule has 3 rings (SSSR count). The fraction of sp³-hybridized carbons (Fsp3) is 1.00. The van der Waals surface area contributed by atoms with Crippen LogP contribution in [0, 0.1) is 0 Å². The maximum Gasteiger partial charge on any atom is 0.187 e. The SMILES string of the molecule is OC[C@H]1O[C@H](CC[C@H]2OC(O)[C@@H](O)[C@@H](O[C@H]3O[C@H](CO)[C@@H](O)[C@H](O)[C@@H]3O)[C@@H]2O)[C@@H](O)[C@@H](O)[C@@H]1O. The highest BCUT2D eigenvalue weighted by atomic mass is 16.7. The molecular formula is C19H34O15. The van der Waals surface area contributed by atoms with Gasteiger partial charge in [-0.1, -0.05) is 0 Å². The smallest absolute Gasteiger partial charge is 0.187 e. The van der Waals surface area contributed by atoms with Crippen molar-refractivity contribution in [3.63, 3.8) is 0 Å². The molecule has 0 aromatic heterocycles. The Labute approximate surface area is 193 Å². The van der Waals surface area contributed by atoms with Crippen LogP contribution in [0.15, 0.2) is 0 Å². The van der Waals surface area contributed by atoms with Gasteiger partial charge in [-0.25, -0.2) is 0 Å². The summed E-state index contributed by atoms with van der Waals surface area (Å²) in [6, 6.07) is 0. The van der Waals surface area contributed by atoms with Gasteiger partial charge in [0.2, 0.25) is 0 Å². The van der Waals surface area contributed by atoms with Gasteiger partial charge in [-0.15, -0.1) is 0 Å². The first kappa shape index (κ1) is 28.0. The predicted octanol–water partition coefficient (Wildman–Crippen LogP) is -6.77. The molecule has 11 N–H and O–H groups in total. The molecule has 0 spiro atoms. The average Bonchev–Trinajstić information content (AvgIpc) is 2.82. The largest absolute Gasteiger partial charge is 0.394 e. The van der Waals surface area contributed by atoms with Crippen LogP contribution in [0.4, 0.5) is 0 Å². The number of aliphatic hydroxyl groups is 11. The van der Waals surface area contributed by atoms with Crippen LogP contribution < -0.4 is 0 Å². The molecule has 3 heterocycles. The Balaban J connectivity index is 1.65. The Morgan fingerprint density at radius 2 is 0.941 bits per heavy atom. The highest BCUT2D eigenvalue weighted by molar-refractivity contribution is 4.96. The molecule has 200 valence electrons. The average molecular weight is 502 g/mol. The van der Waals surface area contributed by atoms with Gasteiger partial charge in [-0.3, -0.25) is 0 Å². The molecule has 3 aliphatic heterocycles. The summed E-state index contributed by atoms with van der Waals surface area (Å²) in [6.07, 6.45) is -23.4. The Kier molecular flexibility index (Phi) is 9.57. The lowest BCUT2D eigenvalue weighted by molar-refractivity contribution is -0.355. The van der Waals surface area contributed by atoms with Crippen LogP contribution >= 0.6 is 0 Å². The molecule has 0 amide bonds.